The molecule has 0 amide bonds. The van der Waals surface area contributed by atoms with Crippen molar-refractivity contribution < 1.29 is 5.11 Å². The average molecular weight is 381 g/mol. The van der Waals surface area contributed by atoms with Gasteiger partial charge in [-0.3, -0.25) is 4.90 Å². The number of halogens is 1. The first kappa shape index (κ1) is 21.5. The number of β-amino-alcohol motifs (C(OH)–C–C–N with tert-alkyl or cyclic N) is 1. The lowest BCUT2D eigenvalue weighted by Gasteiger charge is -2.37. The summed E-state index contributed by atoms with van der Waals surface area (Å²) in [7, 11) is 0. The maximum absolute atomic E-state index is 10.3. The number of nitrogens with zero attached hydrogens (tertiary/aromatic N) is 2. The van der Waals surface area contributed by atoms with Crippen molar-refractivity contribution in [3.8, 4) is 0 Å². The molecular weight excluding hydrogens is 344 g/mol. The molecule has 0 saturated carbocycles. The SMILES string of the molecule is CCCCCCCCCCC(O)CN1CCN(c2cccc(Cl)c2)CC1. The number of piperazine rings is 1. The Morgan fingerprint density at radius 2 is 1.62 bits per heavy atom. The lowest BCUT2D eigenvalue weighted by molar-refractivity contribution is 0.0996. The van der Waals surface area contributed by atoms with Gasteiger partial charge in [-0.05, 0) is 24.6 Å². The van der Waals surface area contributed by atoms with Crippen molar-refractivity contribution in [1.29, 1.82) is 0 Å². The van der Waals surface area contributed by atoms with Crippen LogP contribution in [-0.4, -0.2) is 48.8 Å². The fourth-order valence-corrected chi connectivity index (χ4v) is 3.95. The molecule has 0 aromatic heterocycles. The van der Waals surface area contributed by atoms with Crippen LogP contribution in [-0.2, 0) is 0 Å². The third-order valence-electron chi connectivity index (χ3n) is 5.41. The second-order valence-electron chi connectivity index (χ2n) is 7.68. The zero-order valence-electron chi connectivity index (χ0n) is 16.5. The molecule has 3 nitrogen and oxygen atoms in total. The van der Waals surface area contributed by atoms with E-state index in [1.807, 2.05) is 18.2 Å². The molecule has 1 atom stereocenters. The molecule has 0 spiro atoms. The molecule has 0 bridgehead atoms. The van der Waals surface area contributed by atoms with Crippen LogP contribution >= 0.6 is 11.6 Å². The van der Waals surface area contributed by atoms with E-state index in [0.29, 0.717) is 0 Å². The molecule has 1 heterocycles. The van der Waals surface area contributed by atoms with Crippen molar-refractivity contribution in [3.05, 3.63) is 29.3 Å². The Hall–Kier alpha value is -0.770. The monoisotopic (exact) mass is 380 g/mol. The Balaban J connectivity index is 1.53. The molecular formula is C22H37ClN2O. The van der Waals surface area contributed by atoms with Crippen LogP contribution in [0.2, 0.25) is 5.02 Å². The first-order valence-electron chi connectivity index (χ1n) is 10.6. The molecule has 148 valence electrons. The summed E-state index contributed by atoms with van der Waals surface area (Å²) in [6.07, 6.45) is 11.4. The van der Waals surface area contributed by atoms with Crippen molar-refractivity contribution in [2.24, 2.45) is 0 Å². The molecule has 1 fully saturated rings. The molecule has 0 radical (unpaired) electrons. The topological polar surface area (TPSA) is 26.7 Å². The second kappa shape index (κ2) is 12.6. The van der Waals surface area contributed by atoms with E-state index in [0.717, 1.165) is 50.6 Å². The maximum atomic E-state index is 10.3. The Labute approximate surface area is 165 Å². The van der Waals surface area contributed by atoms with Gasteiger partial charge in [0.05, 0.1) is 6.10 Å². The molecule has 1 aromatic carbocycles. The van der Waals surface area contributed by atoms with Gasteiger partial charge in [0.15, 0.2) is 0 Å². The summed E-state index contributed by atoms with van der Waals surface area (Å²) in [5.41, 5.74) is 1.21. The van der Waals surface area contributed by atoms with Gasteiger partial charge in [-0.2, -0.15) is 0 Å². The summed E-state index contributed by atoms with van der Waals surface area (Å²) in [5, 5.41) is 11.1. The van der Waals surface area contributed by atoms with Gasteiger partial charge in [-0.15, -0.1) is 0 Å². The minimum atomic E-state index is -0.173. The summed E-state index contributed by atoms with van der Waals surface area (Å²) in [6.45, 7) is 7.12. The second-order valence-corrected chi connectivity index (χ2v) is 8.12. The lowest BCUT2D eigenvalue weighted by atomic mass is 10.1. The van der Waals surface area contributed by atoms with Crippen LogP contribution in [0, 0.1) is 0 Å². The predicted octanol–water partition coefficient (Wildman–Crippen LogP) is 5.35. The number of hydrogen-bond donors (Lipinski definition) is 1. The summed E-state index contributed by atoms with van der Waals surface area (Å²) in [5.74, 6) is 0. The molecule has 2 rings (SSSR count). The minimum absolute atomic E-state index is 0.173. The fraction of sp³-hybridized carbons (Fsp3) is 0.727. The zero-order valence-corrected chi connectivity index (χ0v) is 17.3. The summed E-state index contributed by atoms with van der Waals surface area (Å²) in [4.78, 5) is 4.78. The number of aliphatic hydroxyl groups is 1. The number of rotatable bonds is 12. The maximum Gasteiger partial charge on any atom is 0.0667 e. The highest BCUT2D eigenvalue weighted by Gasteiger charge is 2.19. The number of hydrogen-bond acceptors (Lipinski definition) is 3. The first-order chi connectivity index (χ1) is 12.7. The lowest BCUT2D eigenvalue weighted by Crippen LogP contribution is -2.48. The molecule has 1 aliphatic rings. The normalized spacial score (nSPS) is 16.8. The molecule has 1 aliphatic heterocycles. The Morgan fingerprint density at radius 3 is 2.27 bits per heavy atom. The molecule has 26 heavy (non-hydrogen) atoms. The summed E-state index contributed by atoms with van der Waals surface area (Å²) >= 11 is 6.09. The molecule has 1 unspecified atom stereocenters. The Morgan fingerprint density at radius 1 is 0.962 bits per heavy atom. The van der Waals surface area contributed by atoms with Crippen LogP contribution < -0.4 is 4.90 Å². The van der Waals surface area contributed by atoms with E-state index in [4.69, 9.17) is 11.6 Å². The highest BCUT2D eigenvalue weighted by atomic mass is 35.5. The van der Waals surface area contributed by atoms with Gasteiger partial charge in [0.2, 0.25) is 0 Å². The van der Waals surface area contributed by atoms with E-state index in [1.54, 1.807) is 0 Å². The first-order valence-corrected chi connectivity index (χ1v) is 11.0. The van der Waals surface area contributed by atoms with Crippen molar-refractivity contribution in [2.45, 2.75) is 70.8 Å². The summed E-state index contributed by atoms with van der Waals surface area (Å²) in [6, 6.07) is 8.09. The van der Waals surface area contributed by atoms with Gasteiger partial charge < -0.3 is 10.0 Å². The largest absolute Gasteiger partial charge is 0.392 e. The average Bonchev–Trinajstić information content (AvgIpc) is 2.64. The van der Waals surface area contributed by atoms with E-state index >= 15 is 0 Å². The van der Waals surface area contributed by atoms with E-state index in [1.165, 1.54) is 50.6 Å². The summed E-state index contributed by atoms with van der Waals surface area (Å²) < 4.78 is 0. The smallest absolute Gasteiger partial charge is 0.0667 e. The van der Waals surface area contributed by atoms with Crippen LogP contribution in [0.5, 0.6) is 0 Å². The Kier molecular flexibility index (Phi) is 10.4. The van der Waals surface area contributed by atoms with E-state index in [9.17, 15) is 5.11 Å². The number of aliphatic hydroxyl groups excluding tert-OH is 1. The highest BCUT2D eigenvalue weighted by molar-refractivity contribution is 6.30. The van der Waals surface area contributed by atoms with Gasteiger partial charge in [0, 0.05) is 43.4 Å². The van der Waals surface area contributed by atoms with Gasteiger partial charge in [0.1, 0.15) is 0 Å². The van der Waals surface area contributed by atoms with E-state index < -0.39 is 0 Å². The van der Waals surface area contributed by atoms with Gasteiger partial charge in [-0.25, -0.2) is 0 Å². The van der Waals surface area contributed by atoms with Crippen LogP contribution in [0.15, 0.2) is 24.3 Å². The van der Waals surface area contributed by atoms with Crippen LogP contribution in [0.4, 0.5) is 5.69 Å². The number of anilines is 1. The van der Waals surface area contributed by atoms with Crippen LogP contribution in [0.25, 0.3) is 0 Å². The number of benzene rings is 1. The van der Waals surface area contributed by atoms with Crippen molar-refractivity contribution >= 4 is 17.3 Å². The molecule has 1 saturated heterocycles. The molecule has 1 aromatic rings. The van der Waals surface area contributed by atoms with E-state index in [2.05, 4.69) is 22.8 Å². The fourth-order valence-electron chi connectivity index (χ4n) is 3.76. The third-order valence-corrected chi connectivity index (χ3v) is 5.64. The van der Waals surface area contributed by atoms with Crippen molar-refractivity contribution in [2.75, 3.05) is 37.6 Å². The standard InChI is InChI=1S/C22H37ClN2O/c1-2-3-4-5-6-7-8-9-13-22(26)19-24-14-16-25(17-15-24)21-12-10-11-20(23)18-21/h10-12,18,22,26H,2-9,13-17,19H2,1H3. The highest BCUT2D eigenvalue weighted by Crippen LogP contribution is 2.21. The third kappa shape index (κ3) is 8.28. The predicted molar refractivity (Wildman–Crippen MR) is 113 cm³/mol. The van der Waals surface area contributed by atoms with E-state index in [-0.39, 0.29) is 6.10 Å². The van der Waals surface area contributed by atoms with Crippen molar-refractivity contribution in [1.82, 2.24) is 4.90 Å². The van der Waals surface area contributed by atoms with Crippen molar-refractivity contribution in [3.63, 3.8) is 0 Å². The van der Waals surface area contributed by atoms with Crippen LogP contribution in [0.3, 0.4) is 0 Å². The quantitative estimate of drug-likeness (QED) is 0.495. The zero-order chi connectivity index (χ0) is 18.6. The van der Waals surface area contributed by atoms with Crippen LogP contribution in [0.1, 0.15) is 64.7 Å². The van der Waals surface area contributed by atoms with Gasteiger partial charge in [0.25, 0.3) is 0 Å². The molecule has 0 aliphatic carbocycles. The molecule has 1 N–H and O–H groups in total. The molecule has 4 heteroatoms. The van der Waals surface area contributed by atoms with Gasteiger partial charge >= 0.3 is 0 Å². The Bertz CT molecular complexity index is 489. The van der Waals surface area contributed by atoms with Gasteiger partial charge in [-0.1, -0.05) is 76.0 Å². The number of unbranched alkanes of at least 4 members (excludes halogenated alkanes) is 7. The minimum Gasteiger partial charge on any atom is -0.392 e.